The molecular weight excluding hydrogens is 250 g/mol. The average molecular weight is 258 g/mol. The average Bonchev–Trinajstić information content (AvgIpc) is 2.60. The van der Waals surface area contributed by atoms with Gasteiger partial charge in [-0.25, -0.2) is 0 Å². The Balaban J connectivity index is 2.73. The van der Waals surface area contributed by atoms with E-state index in [0.29, 0.717) is 13.0 Å². The molecule has 0 bridgehead atoms. The highest BCUT2D eigenvalue weighted by Gasteiger charge is 2.34. The van der Waals surface area contributed by atoms with Crippen molar-refractivity contribution in [3.05, 3.63) is 10.4 Å². The lowest BCUT2D eigenvalue weighted by Gasteiger charge is -2.17. The Bertz CT molecular complexity index is 319. The Hall–Kier alpha value is -1.25. The molecule has 0 aromatic carbocycles. The van der Waals surface area contributed by atoms with Gasteiger partial charge in [0, 0.05) is 11.5 Å². The van der Waals surface area contributed by atoms with Gasteiger partial charge in [0.25, 0.3) is 0 Å². The van der Waals surface area contributed by atoms with E-state index in [1.807, 2.05) is 6.07 Å². The molecule has 0 aromatic heterocycles. The highest BCUT2D eigenvalue weighted by Crippen LogP contribution is 2.20. The summed E-state index contributed by atoms with van der Waals surface area (Å²) in [7, 11) is 0. The fraction of sp³-hybridized carbons (Fsp3) is 0.714. The predicted octanol–water partition coefficient (Wildman–Crippen LogP) is 1.18. The molecule has 1 heterocycles. The van der Waals surface area contributed by atoms with Crippen molar-refractivity contribution in [2.75, 3.05) is 11.9 Å². The van der Waals surface area contributed by atoms with Gasteiger partial charge in [-0.15, -0.1) is 0 Å². The van der Waals surface area contributed by atoms with Gasteiger partial charge < -0.3 is 4.90 Å². The largest absolute Gasteiger partial charge is 0.326 e. The van der Waals surface area contributed by atoms with E-state index in [1.165, 1.54) is 4.90 Å². The second-order valence-electron chi connectivity index (χ2n) is 2.92. The van der Waals surface area contributed by atoms with Crippen LogP contribution in [0.3, 0.4) is 0 Å². The molecule has 2 atom stereocenters. The third kappa shape index (κ3) is 2.16. The van der Waals surface area contributed by atoms with Crippen LogP contribution in [0.25, 0.3) is 10.4 Å². The number of hydrogen-bond donors (Lipinski definition) is 0. The van der Waals surface area contributed by atoms with Crippen LogP contribution in [-0.2, 0) is 4.79 Å². The van der Waals surface area contributed by atoms with Crippen molar-refractivity contribution >= 4 is 21.8 Å². The first-order valence-corrected chi connectivity index (χ1v) is 5.14. The van der Waals surface area contributed by atoms with Gasteiger partial charge in [-0.3, -0.25) is 4.79 Å². The summed E-state index contributed by atoms with van der Waals surface area (Å²) < 4.78 is 0. The van der Waals surface area contributed by atoms with Crippen LogP contribution in [0.15, 0.2) is 5.11 Å². The molecule has 0 aliphatic carbocycles. The van der Waals surface area contributed by atoms with Gasteiger partial charge in [-0.2, -0.15) is 5.26 Å². The fourth-order valence-corrected chi connectivity index (χ4v) is 1.77. The van der Waals surface area contributed by atoms with Crippen molar-refractivity contribution in [2.45, 2.75) is 18.5 Å². The summed E-state index contributed by atoms with van der Waals surface area (Å²) in [6, 6.07) is 1.29. The number of amides is 1. The van der Waals surface area contributed by atoms with E-state index < -0.39 is 6.04 Å². The summed E-state index contributed by atoms with van der Waals surface area (Å²) in [6.07, 6.45) is 0.430. The minimum atomic E-state index is -0.462. The first kappa shape index (κ1) is 10.8. The van der Waals surface area contributed by atoms with Gasteiger partial charge in [-0.05, 0) is 12.0 Å². The van der Waals surface area contributed by atoms with Crippen LogP contribution in [0, 0.1) is 11.3 Å². The molecule has 1 saturated heterocycles. The topological polar surface area (TPSA) is 92.9 Å². The third-order valence-electron chi connectivity index (χ3n) is 2.08. The predicted molar refractivity (Wildman–Crippen MR) is 52.5 cm³/mol. The van der Waals surface area contributed by atoms with Crippen LogP contribution in [0.5, 0.6) is 0 Å². The number of nitriles is 1. The molecule has 1 aliphatic heterocycles. The Kier molecular flexibility index (Phi) is 3.74. The zero-order chi connectivity index (χ0) is 10.6. The molecule has 2 unspecified atom stereocenters. The summed E-state index contributed by atoms with van der Waals surface area (Å²) in [5.74, 6) is -0.146. The third-order valence-corrected chi connectivity index (χ3v) is 2.56. The van der Waals surface area contributed by atoms with Crippen LogP contribution in [0.1, 0.15) is 6.42 Å². The Morgan fingerprint density at radius 2 is 2.57 bits per heavy atom. The Morgan fingerprint density at radius 1 is 1.86 bits per heavy atom. The highest BCUT2D eigenvalue weighted by molar-refractivity contribution is 9.09. The maximum absolute atomic E-state index is 11.3. The summed E-state index contributed by atoms with van der Waals surface area (Å²) in [4.78, 5) is 15.4. The zero-order valence-corrected chi connectivity index (χ0v) is 8.88. The second kappa shape index (κ2) is 4.84. The van der Waals surface area contributed by atoms with Gasteiger partial charge in [0.15, 0.2) is 0 Å². The first-order valence-electron chi connectivity index (χ1n) is 4.02. The monoisotopic (exact) mass is 257 g/mol. The zero-order valence-electron chi connectivity index (χ0n) is 7.30. The molecule has 0 spiro atoms. The fourth-order valence-electron chi connectivity index (χ4n) is 1.45. The number of carbonyl (C=O) groups excluding carboxylic acids is 1. The molecule has 1 fully saturated rings. The minimum absolute atomic E-state index is 0.146. The summed E-state index contributed by atoms with van der Waals surface area (Å²) in [5.41, 5.74) is 8.23. The van der Waals surface area contributed by atoms with Gasteiger partial charge >= 0.3 is 0 Å². The molecule has 0 radical (unpaired) electrons. The van der Waals surface area contributed by atoms with Crippen LogP contribution in [0.4, 0.5) is 0 Å². The minimum Gasteiger partial charge on any atom is -0.326 e. The van der Waals surface area contributed by atoms with Crippen molar-refractivity contribution < 1.29 is 4.79 Å². The smallest absolute Gasteiger partial charge is 0.234 e. The van der Waals surface area contributed by atoms with Gasteiger partial charge in [0.1, 0.15) is 6.04 Å². The SMILES string of the molecule is N#CC1CC(N=[N+]=[N-])CN1C(=O)CBr. The molecule has 7 heteroatoms. The van der Waals surface area contributed by atoms with E-state index in [2.05, 4.69) is 26.0 Å². The van der Waals surface area contributed by atoms with Crippen molar-refractivity contribution in [3.63, 3.8) is 0 Å². The first-order chi connectivity index (χ1) is 6.72. The Morgan fingerprint density at radius 3 is 3.07 bits per heavy atom. The van der Waals surface area contributed by atoms with E-state index in [9.17, 15) is 4.79 Å². The van der Waals surface area contributed by atoms with Crippen molar-refractivity contribution in [3.8, 4) is 6.07 Å². The van der Waals surface area contributed by atoms with Crippen LogP contribution in [-0.4, -0.2) is 34.8 Å². The molecular formula is C7H8BrN5O. The van der Waals surface area contributed by atoms with Crippen LogP contribution >= 0.6 is 15.9 Å². The van der Waals surface area contributed by atoms with E-state index in [4.69, 9.17) is 10.8 Å². The summed E-state index contributed by atoms with van der Waals surface area (Å²) >= 11 is 3.04. The number of hydrogen-bond acceptors (Lipinski definition) is 3. The van der Waals surface area contributed by atoms with Crippen molar-refractivity contribution in [2.24, 2.45) is 5.11 Å². The van der Waals surface area contributed by atoms with E-state index in [-0.39, 0.29) is 17.3 Å². The number of carbonyl (C=O) groups is 1. The standard InChI is InChI=1S/C7H8BrN5O/c8-2-7(14)13-4-5(11-12-10)1-6(13)3-9/h5-6H,1-2,4H2. The van der Waals surface area contributed by atoms with Crippen molar-refractivity contribution in [1.29, 1.82) is 5.26 Å². The highest BCUT2D eigenvalue weighted by atomic mass is 79.9. The maximum Gasteiger partial charge on any atom is 0.234 e. The number of nitrogens with zero attached hydrogens (tertiary/aromatic N) is 5. The molecule has 74 valence electrons. The lowest BCUT2D eigenvalue weighted by atomic mass is 10.2. The molecule has 0 aromatic rings. The van der Waals surface area contributed by atoms with Crippen LogP contribution < -0.4 is 0 Å². The number of alkyl halides is 1. The molecule has 1 amide bonds. The van der Waals surface area contributed by atoms with Gasteiger partial charge in [-0.1, -0.05) is 21.0 Å². The lowest BCUT2D eigenvalue weighted by Crippen LogP contribution is -2.35. The normalized spacial score (nSPS) is 25.3. The van der Waals surface area contributed by atoms with Crippen molar-refractivity contribution in [1.82, 2.24) is 4.90 Å². The molecule has 0 N–H and O–H groups in total. The molecule has 0 saturated carbocycles. The molecule has 6 nitrogen and oxygen atoms in total. The summed E-state index contributed by atoms with van der Waals surface area (Å²) in [6.45, 7) is 0.340. The number of halogens is 1. The van der Waals surface area contributed by atoms with E-state index >= 15 is 0 Å². The quantitative estimate of drug-likeness (QED) is 0.322. The van der Waals surface area contributed by atoms with E-state index in [1.54, 1.807) is 0 Å². The maximum atomic E-state index is 11.3. The number of likely N-dealkylation sites (tertiary alicyclic amines) is 1. The number of rotatable bonds is 2. The number of azide groups is 1. The summed E-state index contributed by atoms with van der Waals surface area (Å²) in [5, 5.41) is 12.5. The molecule has 14 heavy (non-hydrogen) atoms. The van der Waals surface area contributed by atoms with Gasteiger partial charge in [0.05, 0.1) is 17.4 Å². The Labute approximate surface area is 89.2 Å². The van der Waals surface area contributed by atoms with Crippen LogP contribution in [0.2, 0.25) is 0 Å². The molecule has 1 rings (SSSR count). The van der Waals surface area contributed by atoms with E-state index in [0.717, 1.165) is 0 Å². The van der Waals surface area contributed by atoms with Gasteiger partial charge in [0.2, 0.25) is 5.91 Å². The second-order valence-corrected chi connectivity index (χ2v) is 3.48. The lowest BCUT2D eigenvalue weighted by molar-refractivity contribution is -0.128. The molecule has 1 aliphatic rings.